The lowest BCUT2D eigenvalue weighted by Gasteiger charge is -2.34. The molecule has 2 atom stereocenters. The van der Waals surface area contributed by atoms with Crippen LogP contribution < -0.4 is 0 Å². The standard InChI is InChI=1S/C9H15NO4/c11-6-7-5-10(3-1-8(7)12)4-2-9(13)14/h2,4,7-8,11-12H,1,3,5-6H2,(H,13,14)/b4-2+. The topological polar surface area (TPSA) is 81.0 Å². The van der Waals surface area contributed by atoms with Gasteiger partial charge < -0.3 is 20.2 Å². The first-order chi connectivity index (χ1) is 6.63. The maximum absolute atomic E-state index is 10.2. The average Bonchev–Trinajstić information content (AvgIpc) is 2.16. The first kappa shape index (κ1) is 11.0. The van der Waals surface area contributed by atoms with E-state index in [9.17, 15) is 9.90 Å². The lowest BCUT2D eigenvalue weighted by Crippen LogP contribution is -2.42. The molecule has 1 rings (SSSR count). The van der Waals surface area contributed by atoms with Crippen LogP contribution in [0, 0.1) is 5.92 Å². The Bertz CT molecular complexity index is 229. The Hall–Kier alpha value is -1.07. The Labute approximate surface area is 82.3 Å². The molecule has 80 valence electrons. The molecule has 2 unspecified atom stereocenters. The molecule has 0 aliphatic carbocycles. The predicted octanol–water partition coefficient (Wildman–Crippen LogP) is -0.740. The van der Waals surface area contributed by atoms with Crippen LogP contribution in [0.25, 0.3) is 0 Å². The van der Waals surface area contributed by atoms with Gasteiger partial charge in [-0.3, -0.25) is 0 Å². The largest absolute Gasteiger partial charge is 0.478 e. The molecule has 0 aromatic carbocycles. The van der Waals surface area contributed by atoms with Gasteiger partial charge in [-0.05, 0) is 6.42 Å². The molecule has 0 aromatic heterocycles. The third-order valence-electron chi connectivity index (χ3n) is 2.39. The van der Waals surface area contributed by atoms with Gasteiger partial charge in [-0.25, -0.2) is 4.79 Å². The zero-order valence-corrected chi connectivity index (χ0v) is 7.83. The second kappa shape index (κ2) is 4.97. The molecule has 0 radical (unpaired) electrons. The van der Waals surface area contributed by atoms with Crippen molar-refractivity contribution >= 4 is 5.97 Å². The van der Waals surface area contributed by atoms with Crippen molar-refractivity contribution in [1.29, 1.82) is 0 Å². The Balaban J connectivity index is 2.46. The van der Waals surface area contributed by atoms with Crippen molar-refractivity contribution in [2.45, 2.75) is 12.5 Å². The number of nitrogens with zero attached hydrogens (tertiary/aromatic N) is 1. The highest BCUT2D eigenvalue weighted by molar-refractivity contribution is 5.79. The van der Waals surface area contributed by atoms with Crippen LogP contribution in [-0.4, -0.2) is 52.0 Å². The molecule has 0 saturated carbocycles. The molecular formula is C9H15NO4. The van der Waals surface area contributed by atoms with Crippen LogP contribution >= 0.6 is 0 Å². The van der Waals surface area contributed by atoms with Gasteiger partial charge in [-0.1, -0.05) is 0 Å². The van der Waals surface area contributed by atoms with Crippen molar-refractivity contribution in [3.05, 3.63) is 12.3 Å². The minimum Gasteiger partial charge on any atom is -0.478 e. The third kappa shape index (κ3) is 3.01. The van der Waals surface area contributed by atoms with Gasteiger partial charge >= 0.3 is 5.97 Å². The highest BCUT2D eigenvalue weighted by Crippen LogP contribution is 2.16. The molecule has 1 aliphatic heterocycles. The van der Waals surface area contributed by atoms with E-state index >= 15 is 0 Å². The van der Waals surface area contributed by atoms with Gasteiger partial charge in [0.15, 0.2) is 0 Å². The van der Waals surface area contributed by atoms with Crippen molar-refractivity contribution in [3.63, 3.8) is 0 Å². The Morgan fingerprint density at radius 1 is 1.57 bits per heavy atom. The van der Waals surface area contributed by atoms with Crippen molar-refractivity contribution in [2.24, 2.45) is 5.92 Å². The molecule has 5 nitrogen and oxygen atoms in total. The van der Waals surface area contributed by atoms with Crippen LogP contribution in [0.3, 0.4) is 0 Å². The first-order valence-corrected chi connectivity index (χ1v) is 4.57. The van der Waals surface area contributed by atoms with Gasteiger partial charge in [-0.2, -0.15) is 0 Å². The highest BCUT2D eigenvalue weighted by atomic mass is 16.4. The number of hydrogen-bond acceptors (Lipinski definition) is 4. The van der Waals surface area contributed by atoms with Gasteiger partial charge in [0.1, 0.15) is 0 Å². The van der Waals surface area contributed by atoms with Crippen LogP contribution in [0.4, 0.5) is 0 Å². The summed E-state index contributed by atoms with van der Waals surface area (Å²) in [7, 11) is 0. The van der Waals surface area contributed by atoms with E-state index in [0.717, 1.165) is 6.08 Å². The van der Waals surface area contributed by atoms with Crippen LogP contribution in [0.5, 0.6) is 0 Å². The number of carboxylic acids is 1. The first-order valence-electron chi connectivity index (χ1n) is 4.57. The number of aliphatic hydroxyl groups is 2. The number of piperidine rings is 1. The summed E-state index contributed by atoms with van der Waals surface area (Å²) in [6, 6.07) is 0. The monoisotopic (exact) mass is 201 g/mol. The van der Waals surface area contributed by atoms with E-state index in [0.29, 0.717) is 19.5 Å². The number of rotatable bonds is 3. The van der Waals surface area contributed by atoms with E-state index in [1.54, 1.807) is 4.90 Å². The van der Waals surface area contributed by atoms with Gasteiger partial charge in [0.05, 0.1) is 12.7 Å². The Morgan fingerprint density at radius 3 is 2.86 bits per heavy atom. The normalized spacial score (nSPS) is 28.3. The van der Waals surface area contributed by atoms with Crippen molar-refractivity contribution in [3.8, 4) is 0 Å². The minimum atomic E-state index is -0.989. The molecular weight excluding hydrogens is 186 g/mol. The molecule has 1 heterocycles. The van der Waals surface area contributed by atoms with Crippen LogP contribution in [0.2, 0.25) is 0 Å². The number of carbonyl (C=O) groups is 1. The van der Waals surface area contributed by atoms with Gasteiger partial charge in [0, 0.05) is 31.3 Å². The van der Waals surface area contributed by atoms with E-state index in [1.807, 2.05) is 0 Å². The zero-order chi connectivity index (χ0) is 10.6. The van der Waals surface area contributed by atoms with Crippen molar-refractivity contribution < 1.29 is 20.1 Å². The molecule has 1 fully saturated rings. The van der Waals surface area contributed by atoms with E-state index in [4.69, 9.17) is 10.2 Å². The Morgan fingerprint density at radius 2 is 2.29 bits per heavy atom. The van der Waals surface area contributed by atoms with Crippen LogP contribution in [0.15, 0.2) is 12.3 Å². The molecule has 0 bridgehead atoms. The minimum absolute atomic E-state index is 0.0709. The Kier molecular flexibility index (Phi) is 3.91. The lowest BCUT2D eigenvalue weighted by atomic mass is 9.96. The second-order valence-corrected chi connectivity index (χ2v) is 3.45. The summed E-state index contributed by atoms with van der Waals surface area (Å²) in [4.78, 5) is 12.0. The smallest absolute Gasteiger partial charge is 0.329 e. The number of aliphatic hydroxyl groups excluding tert-OH is 2. The van der Waals surface area contributed by atoms with Crippen molar-refractivity contribution in [2.75, 3.05) is 19.7 Å². The van der Waals surface area contributed by atoms with Crippen LogP contribution in [0.1, 0.15) is 6.42 Å². The quantitative estimate of drug-likeness (QED) is 0.524. The van der Waals surface area contributed by atoms with E-state index in [1.165, 1.54) is 6.20 Å². The summed E-state index contributed by atoms with van der Waals surface area (Å²) < 4.78 is 0. The second-order valence-electron chi connectivity index (χ2n) is 3.45. The molecule has 0 spiro atoms. The molecule has 1 aliphatic rings. The summed E-state index contributed by atoms with van der Waals surface area (Å²) in [5.74, 6) is -1.17. The molecule has 3 N–H and O–H groups in total. The summed E-state index contributed by atoms with van der Waals surface area (Å²) in [6.07, 6.45) is 2.63. The van der Waals surface area contributed by atoms with Gasteiger partial charge in [0.2, 0.25) is 0 Å². The number of hydrogen-bond donors (Lipinski definition) is 3. The van der Waals surface area contributed by atoms with Gasteiger partial charge in [-0.15, -0.1) is 0 Å². The highest BCUT2D eigenvalue weighted by Gasteiger charge is 2.25. The number of likely N-dealkylation sites (tertiary alicyclic amines) is 1. The van der Waals surface area contributed by atoms with E-state index in [2.05, 4.69) is 0 Å². The van der Waals surface area contributed by atoms with Gasteiger partial charge in [0.25, 0.3) is 0 Å². The maximum atomic E-state index is 10.2. The predicted molar refractivity (Wildman–Crippen MR) is 49.5 cm³/mol. The summed E-state index contributed by atoms with van der Waals surface area (Å²) in [5, 5.41) is 26.8. The molecule has 5 heteroatoms. The molecule has 0 aromatic rings. The van der Waals surface area contributed by atoms with Crippen LogP contribution in [-0.2, 0) is 4.79 Å². The summed E-state index contributed by atoms with van der Waals surface area (Å²) >= 11 is 0. The van der Waals surface area contributed by atoms with Crippen molar-refractivity contribution in [1.82, 2.24) is 4.90 Å². The zero-order valence-electron chi connectivity index (χ0n) is 7.83. The molecule has 1 saturated heterocycles. The lowest BCUT2D eigenvalue weighted by molar-refractivity contribution is -0.131. The van der Waals surface area contributed by atoms with E-state index in [-0.39, 0.29) is 12.5 Å². The fourth-order valence-corrected chi connectivity index (χ4v) is 1.53. The SMILES string of the molecule is O=C(O)/C=C/N1CCC(O)C(CO)C1. The summed E-state index contributed by atoms with van der Waals surface area (Å²) in [5.41, 5.74) is 0. The molecule has 14 heavy (non-hydrogen) atoms. The average molecular weight is 201 g/mol. The maximum Gasteiger partial charge on any atom is 0.329 e. The number of aliphatic carboxylic acids is 1. The fraction of sp³-hybridized carbons (Fsp3) is 0.667. The molecule has 0 amide bonds. The fourth-order valence-electron chi connectivity index (χ4n) is 1.53. The van der Waals surface area contributed by atoms with E-state index < -0.39 is 12.1 Å². The number of carboxylic acid groups (broad SMARTS) is 1. The summed E-state index contributed by atoms with van der Waals surface area (Å²) in [6.45, 7) is 1.06. The third-order valence-corrected chi connectivity index (χ3v) is 2.39.